The molecule has 0 spiro atoms. The molecule has 2 aromatic carbocycles. The Morgan fingerprint density at radius 3 is 2.39 bits per heavy atom. The number of nitrogens with one attached hydrogen (secondary N) is 3. The van der Waals surface area contributed by atoms with Gasteiger partial charge in [-0.15, -0.1) is 23.1 Å². The first-order valence-electron chi connectivity index (χ1n) is 9.32. The minimum absolute atomic E-state index is 0.174. The predicted octanol–water partition coefficient (Wildman–Crippen LogP) is 4.45. The number of anilines is 1. The predicted molar refractivity (Wildman–Crippen MR) is 131 cm³/mol. The summed E-state index contributed by atoms with van der Waals surface area (Å²) < 4.78 is 4.88. The first kappa shape index (κ1) is 22.8. The van der Waals surface area contributed by atoms with E-state index in [1.807, 2.05) is 60.7 Å². The van der Waals surface area contributed by atoms with Gasteiger partial charge in [0.25, 0.3) is 0 Å². The van der Waals surface area contributed by atoms with Crippen LogP contribution in [0.4, 0.5) is 5.00 Å². The average Bonchev–Trinajstić information content (AvgIpc) is 3.22. The van der Waals surface area contributed by atoms with Crippen LogP contribution >= 0.6 is 35.3 Å². The fraction of sp³-hybridized carbons (Fsp3) is 0.136. The van der Waals surface area contributed by atoms with Gasteiger partial charge >= 0.3 is 5.97 Å². The summed E-state index contributed by atoms with van der Waals surface area (Å²) in [7, 11) is 1.33. The maximum Gasteiger partial charge on any atom is 0.340 e. The van der Waals surface area contributed by atoms with Crippen LogP contribution in [0.15, 0.2) is 66.7 Å². The Morgan fingerprint density at radius 1 is 1.03 bits per heavy atom. The number of benzene rings is 2. The number of hydrogen-bond donors (Lipinski definition) is 3. The van der Waals surface area contributed by atoms with E-state index in [0.717, 1.165) is 21.8 Å². The minimum atomic E-state index is -0.468. The number of hydrogen-bond acceptors (Lipinski definition) is 6. The number of rotatable bonds is 7. The maximum absolute atomic E-state index is 12.2. The van der Waals surface area contributed by atoms with Gasteiger partial charge in [0.2, 0.25) is 5.91 Å². The van der Waals surface area contributed by atoms with Crippen LogP contribution in [0.25, 0.3) is 10.4 Å². The second kappa shape index (κ2) is 11.5. The zero-order valence-electron chi connectivity index (χ0n) is 16.7. The Morgan fingerprint density at radius 2 is 1.71 bits per heavy atom. The second-order valence-electron chi connectivity index (χ2n) is 6.32. The molecule has 0 atom stereocenters. The molecule has 0 radical (unpaired) electrons. The number of thioether (sulfide) groups is 1. The number of esters is 1. The minimum Gasteiger partial charge on any atom is -0.465 e. The van der Waals surface area contributed by atoms with Gasteiger partial charge in [0.05, 0.1) is 18.4 Å². The van der Waals surface area contributed by atoms with Gasteiger partial charge in [-0.2, -0.15) is 0 Å². The van der Waals surface area contributed by atoms with E-state index < -0.39 is 5.97 Å². The molecule has 1 heterocycles. The smallest absolute Gasteiger partial charge is 0.340 e. The molecule has 31 heavy (non-hydrogen) atoms. The Hall–Kier alpha value is -2.88. The summed E-state index contributed by atoms with van der Waals surface area (Å²) in [4.78, 5) is 25.1. The van der Waals surface area contributed by atoms with Crippen LogP contribution in [0, 0.1) is 0 Å². The number of carbonyl (C=O) groups is 2. The highest BCUT2D eigenvalue weighted by molar-refractivity contribution is 7.99. The molecule has 0 aliphatic rings. The van der Waals surface area contributed by atoms with E-state index >= 15 is 0 Å². The summed E-state index contributed by atoms with van der Waals surface area (Å²) in [5, 5.41) is 3.68. The number of carbonyl (C=O) groups excluding carboxylic acids is 2. The molecule has 0 fully saturated rings. The van der Waals surface area contributed by atoms with Gasteiger partial charge in [-0.05, 0) is 29.4 Å². The van der Waals surface area contributed by atoms with E-state index in [4.69, 9.17) is 17.0 Å². The molecule has 1 aromatic heterocycles. The fourth-order valence-electron chi connectivity index (χ4n) is 2.62. The summed E-state index contributed by atoms with van der Waals surface area (Å²) in [6.07, 6.45) is 0. The van der Waals surface area contributed by atoms with E-state index in [-0.39, 0.29) is 16.8 Å². The zero-order valence-corrected chi connectivity index (χ0v) is 19.2. The molecule has 3 N–H and O–H groups in total. The quantitative estimate of drug-likeness (QED) is 0.267. The van der Waals surface area contributed by atoms with Gasteiger partial charge in [0, 0.05) is 10.6 Å². The molecule has 0 unspecified atom stereocenters. The molecule has 0 aliphatic carbocycles. The first-order valence-corrected chi connectivity index (χ1v) is 11.7. The molecular weight excluding hydrogens is 450 g/mol. The highest BCUT2D eigenvalue weighted by Gasteiger charge is 2.18. The molecule has 160 valence electrons. The van der Waals surface area contributed by atoms with E-state index in [2.05, 4.69) is 16.2 Å². The third kappa shape index (κ3) is 6.81. The number of ether oxygens (including phenoxy) is 1. The van der Waals surface area contributed by atoms with Gasteiger partial charge in [-0.3, -0.25) is 15.6 Å². The van der Waals surface area contributed by atoms with Crippen molar-refractivity contribution in [2.45, 2.75) is 5.75 Å². The number of hydrazine groups is 1. The molecule has 0 saturated heterocycles. The van der Waals surface area contributed by atoms with Crippen molar-refractivity contribution in [3.63, 3.8) is 0 Å². The summed E-state index contributed by atoms with van der Waals surface area (Å²) in [6, 6.07) is 21.4. The molecule has 3 aromatic rings. The Labute approximate surface area is 194 Å². The van der Waals surface area contributed by atoms with Crippen molar-refractivity contribution in [2.75, 3.05) is 18.2 Å². The molecule has 0 aliphatic heterocycles. The first-order chi connectivity index (χ1) is 15.1. The van der Waals surface area contributed by atoms with Gasteiger partial charge in [0.15, 0.2) is 5.11 Å². The van der Waals surface area contributed by atoms with Crippen LogP contribution in [-0.4, -0.2) is 29.9 Å². The molecule has 9 heteroatoms. The van der Waals surface area contributed by atoms with Crippen molar-refractivity contribution >= 4 is 57.3 Å². The Balaban J connectivity index is 1.54. The number of methoxy groups -OCH3 is 1. The van der Waals surface area contributed by atoms with Crippen LogP contribution in [0.2, 0.25) is 0 Å². The molecule has 1 amide bonds. The average molecular weight is 472 g/mol. The van der Waals surface area contributed by atoms with Crippen LogP contribution in [0.3, 0.4) is 0 Å². The summed E-state index contributed by atoms with van der Waals surface area (Å²) in [5.41, 5.74) is 7.75. The lowest BCUT2D eigenvalue weighted by molar-refractivity contribution is -0.119. The van der Waals surface area contributed by atoms with E-state index in [9.17, 15) is 9.59 Å². The van der Waals surface area contributed by atoms with Gasteiger partial charge in [-0.1, -0.05) is 60.7 Å². The lowest BCUT2D eigenvalue weighted by Gasteiger charge is -2.11. The highest BCUT2D eigenvalue weighted by Crippen LogP contribution is 2.35. The Kier molecular flexibility index (Phi) is 8.45. The van der Waals surface area contributed by atoms with Gasteiger partial charge in [0.1, 0.15) is 5.00 Å². The standard InChI is InChI=1S/C22H21N3O3S3/c1-28-21(27)17-12-18(16-10-6-3-7-11-16)31-20(17)23-22(29)25-24-19(26)14-30-13-15-8-4-2-5-9-15/h2-12H,13-14H2,1H3,(H,24,26)(H2,23,25,29). The highest BCUT2D eigenvalue weighted by atomic mass is 32.2. The van der Waals surface area contributed by atoms with Crippen molar-refractivity contribution in [1.82, 2.24) is 10.9 Å². The van der Waals surface area contributed by atoms with E-state index in [1.165, 1.54) is 30.2 Å². The fourth-order valence-corrected chi connectivity index (χ4v) is 4.68. The molecule has 0 bridgehead atoms. The molecule has 0 saturated carbocycles. The summed E-state index contributed by atoms with van der Waals surface area (Å²) in [6.45, 7) is 0. The second-order valence-corrected chi connectivity index (χ2v) is 8.76. The van der Waals surface area contributed by atoms with Crippen molar-refractivity contribution in [3.05, 3.63) is 77.9 Å². The normalized spacial score (nSPS) is 10.2. The molecular formula is C22H21N3O3S3. The maximum atomic E-state index is 12.2. The lowest BCUT2D eigenvalue weighted by atomic mass is 10.1. The SMILES string of the molecule is COC(=O)c1cc(-c2ccccc2)sc1NC(=S)NNC(=O)CSCc1ccccc1. The summed E-state index contributed by atoms with van der Waals surface area (Å²) >= 11 is 8.14. The topological polar surface area (TPSA) is 79.5 Å². The van der Waals surface area contributed by atoms with Crippen LogP contribution in [0.1, 0.15) is 15.9 Å². The van der Waals surface area contributed by atoms with E-state index in [1.54, 1.807) is 6.07 Å². The summed E-state index contributed by atoms with van der Waals surface area (Å²) in [5.74, 6) is 0.367. The van der Waals surface area contributed by atoms with Crippen molar-refractivity contribution in [1.29, 1.82) is 0 Å². The van der Waals surface area contributed by atoms with Crippen molar-refractivity contribution in [3.8, 4) is 10.4 Å². The van der Waals surface area contributed by atoms with Crippen molar-refractivity contribution in [2.24, 2.45) is 0 Å². The van der Waals surface area contributed by atoms with Gasteiger partial charge < -0.3 is 10.1 Å². The van der Waals surface area contributed by atoms with E-state index in [0.29, 0.717) is 10.6 Å². The Bertz CT molecular complexity index is 1040. The zero-order chi connectivity index (χ0) is 22.1. The lowest BCUT2D eigenvalue weighted by Crippen LogP contribution is -2.44. The van der Waals surface area contributed by atoms with Crippen LogP contribution in [0.5, 0.6) is 0 Å². The number of thiophene rings is 1. The van der Waals surface area contributed by atoms with Crippen LogP contribution < -0.4 is 16.2 Å². The van der Waals surface area contributed by atoms with Crippen LogP contribution in [-0.2, 0) is 15.3 Å². The van der Waals surface area contributed by atoms with Gasteiger partial charge in [-0.25, -0.2) is 4.79 Å². The molecule has 6 nitrogen and oxygen atoms in total. The molecule has 3 rings (SSSR count). The number of thiocarbonyl (C=S) groups is 1. The number of amides is 1. The monoisotopic (exact) mass is 471 g/mol. The third-order valence-electron chi connectivity index (χ3n) is 4.08. The third-order valence-corrected chi connectivity index (χ3v) is 6.39. The largest absolute Gasteiger partial charge is 0.465 e. The van der Waals surface area contributed by atoms with Crippen molar-refractivity contribution < 1.29 is 14.3 Å².